The van der Waals surface area contributed by atoms with E-state index in [4.69, 9.17) is 9.90 Å². The molecule has 3 N–H and O–H groups in total. The normalized spacial score (nSPS) is 13.8. The molecule has 178 valence electrons. The van der Waals surface area contributed by atoms with Crippen molar-refractivity contribution in [2.75, 3.05) is 6.54 Å². The lowest BCUT2D eigenvalue weighted by Gasteiger charge is -2.32. The van der Waals surface area contributed by atoms with Gasteiger partial charge in [0.2, 0.25) is 0 Å². The molecular formula is C25H34F3NO3. The molecule has 0 saturated heterocycles. The van der Waals surface area contributed by atoms with Crippen LogP contribution in [0.15, 0.2) is 60.7 Å². The van der Waals surface area contributed by atoms with Gasteiger partial charge < -0.3 is 15.5 Å². The van der Waals surface area contributed by atoms with E-state index in [2.05, 4.69) is 61.6 Å². The fourth-order valence-electron chi connectivity index (χ4n) is 3.56. The highest BCUT2D eigenvalue weighted by molar-refractivity contribution is 5.73. The maximum Gasteiger partial charge on any atom is 0.490 e. The molecule has 0 amide bonds. The molecule has 2 atom stereocenters. The van der Waals surface area contributed by atoms with Crippen LogP contribution >= 0.6 is 0 Å². The highest BCUT2D eigenvalue weighted by Gasteiger charge is 2.38. The number of alkyl halides is 3. The minimum Gasteiger partial charge on any atom is -0.475 e. The number of carbonyl (C=O) groups is 1. The van der Waals surface area contributed by atoms with E-state index < -0.39 is 17.7 Å². The number of aliphatic carboxylic acids is 1. The van der Waals surface area contributed by atoms with Gasteiger partial charge in [0.25, 0.3) is 0 Å². The number of halogens is 3. The maximum absolute atomic E-state index is 10.7. The van der Waals surface area contributed by atoms with Gasteiger partial charge in [-0.2, -0.15) is 13.2 Å². The molecule has 0 spiro atoms. The average molecular weight is 454 g/mol. The standard InChI is InChI=1S/C23H33NO.C2HF3O2/c1-18(2)15-20(16-19-11-7-5-8-12-19)17-24-22(23(3,4)25)21-13-9-6-10-14-21;3-2(4,5)1(6)7/h5-14,18,20,22,24-25H,15-17H2,1-4H3;(H,6,7). The topological polar surface area (TPSA) is 69.6 Å². The Labute approximate surface area is 188 Å². The Bertz CT molecular complexity index is 788. The van der Waals surface area contributed by atoms with Crippen molar-refractivity contribution in [2.45, 2.75) is 58.4 Å². The van der Waals surface area contributed by atoms with Gasteiger partial charge in [-0.15, -0.1) is 0 Å². The molecule has 0 bridgehead atoms. The van der Waals surface area contributed by atoms with Gasteiger partial charge in [0.1, 0.15) is 0 Å². The zero-order valence-electron chi connectivity index (χ0n) is 19.1. The molecule has 0 heterocycles. The molecule has 0 radical (unpaired) electrons. The molecule has 4 nitrogen and oxygen atoms in total. The van der Waals surface area contributed by atoms with Gasteiger partial charge in [0.15, 0.2) is 0 Å². The molecule has 2 rings (SSSR count). The van der Waals surface area contributed by atoms with Crippen LogP contribution in [0.25, 0.3) is 0 Å². The molecule has 2 aromatic rings. The summed E-state index contributed by atoms with van der Waals surface area (Å²) in [6.45, 7) is 9.22. The van der Waals surface area contributed by atoms with Crippen LogP contribution in [0, 0.1) is 11.8 Å². The number of rotatable bonds is 9. The Kier molecular flexibility index (Phi) is 10.9. The molecule has 7 heteroatoms. The van der Waals surface area contributed by atoms with Crippen molar-refractivity contribution in [2.24, 2.45) is 11.8 Å². The van der Waals surface area contributed by atoms with E-state index in [0.29, 0.717) is 11.8 Å². The second kappa shape index (κ2) is 12.6. The fourth-order valence-corrected chi connectivity index (χ4v) is 3.56. The third kappa shape index (κ3) is 10.8. The monoisotopic (exact) mass is 453 g/mol. The third-order valence-corrected chi connectivity index (χ3v) is 4.86. The first kappa shape index (κ1) is 27.7. The van der Waals surface area contributed by atoms with Crippen molar-refractivity contribution in [3.8, 4) is 0 Å². The summed E-state index contributed by atoms with van der Waals surface area (Å²) in [7, 11) is 0. The first-order valence-electron chi connectivity index (χ1n) is 10.7. The summed E-state index contributed by atoms with van der Waals surface area (Å²) < 4.78 is 31.7. The van der Waals surface area contributed by atoms with Crippen molar-refractivity contribution < 1.29 is 28.2 Å². The number of aliphatic hydroxyl groups is 1. The van der Waals surface area contributed by atoms with Crippen molar-refractivity contribution in [1.29, 1.82) is 0 Å². The highest BCUT2D eigenvalue weighted by Crippen LogP contribution is 2.26. The summed E-state index contributed by atoms with van der Waals surface area (Å²) >= 11 is 0. The molecular weight excluding hydrogens is 419 g/mol. The summed E-state index contributed by atoms with van der Waals surface area (Å²) in [5, 5.41) is 21.4. The second-order valence-corrected chi connectivity index (χ2v) is 8.89. The molecule has 0 saturated carbocycles. The third-order valence-electron chi connectivity index (χ3n) is 4.86. The zero-order valence-corrected chi connectivity index (χ0v) is 19.1. The summed E-state index contributed by atoms with van der Waals surface area (Å²) in [5.41, 5.74) is 1.71. The Morgan fingerprint density at radius 3 is 1.84 bits per heavy atom. The van der Waals surface area contributed by atoms with Crippen molar-refractivity contribution in [3.05, 3.63) is 71.8 Å². The van der Waals surface area contributed by atoms with Crippen LogP contribution in [0.2, 0.25) is 0 Å². The number of carboxylic acid groups (broad SMARTS) is 1. The average Bonchev–Trinajstić information content (AvgIpc) is 2.68. The predicted molar refractivity (Wildman–Crippen MR) is 120 cm³/mol. The molecule has 0 fully saturated rings. The van der Waals surface area contributed by atoms with Crippen LogP contribution in [0.1, 0.15) is 51.3 Å². The second-order valence-electron chi connectivity index (χ2n) is 8.89. The fraction of sp³-hybridized carbons (Fsp3) is 0.480. The first-order chi connectivity index (χ1) is 14.8. The number of carboxylic acids is 1. The van der Waals surface area contributed by atoms with Gasteiger partial charge >= 0.3 is 12.1 Å². The van der Waals surface area contributed by atoms with Gasteiger partial charge in [-0.3, -0.25) is 0 Å². The first-order valence-corrected chi connectivity index (χ1v) is 10.7. The Morgan fingerprint density at radius 1 is 0.969 bits per heavy atom. The lowest BCUT2D eigenvalue weighted by Crippen LogP contribution is -2.41. The molecule has 0 aliphatic heterocycles. The Balaban J connectivity index is 0.000000633. The predicted octanol–water partition coefficient (Wildman–Crippen LogP) is 5.63. The minimum atomic E-state index is -5.08. The summed E-state index contributed by atoms with van der Waals surface area (Å²) in [6, 6.07) is 20.9. The lowest BCUT2D eigenvalue weighted by molar-refractivity contribution is -0.192. The number of nitrogens with one attached hydrogen (secondary N) is 1. The van der Waals surface area contributed by atoms with Crippen LogP contribution in [-0.4, -0.2) is 34.5 Å². The molecule has 0 aliphatic rings. The highest BCUT2D eigenvalue weighted by atomic mass is 19.4. The van der Waals surface area contributed by atoms with Gasteiger partial charge in [0, 0.05) is 0 Å². The van der Waals surface area contributed by atoms with E-state index >= 15 is 0 Å². The lowest BCUT2D eigenvalue weighted by atomic mass is 9.88. The number of hydrogen-bond acceptors (Lipinski definition) is 3. The number of benzene rings is 2. The summed E-state index contributed by atoms with van der Waals surface area (Å²) in [4.78, 5) is 8.90. The summed E-state index contributed by atoms with van der Waals surface area (Å²) in [6.07, 6.45) is -2.84. The quantitative estimate of drug-likeness (QED) is 0.461. The summed E-state index contributed by atoms with van der Waals surface area (Å²) in [5.74, 6) is -1.55. The Hall–Kier alpha value is -2.38. The molecule has 32 heavy (non-hydrogen) atoms. The van der Waals surface area contributed by atoms with Crippen molar-refractivity contribution >= 4 is 5.97 Å². The van der Waals surface area contributed by atoms with E-state index in [1.165, 1.54) is 12.0 Å². The van der Waals surface area contributed by atoms with Crippen molar-refractivity contribution in [3.63, 3.8) is 0 Å². The maximum atomic E-state index is 10.7. The zero-order chi connectivity index (χ0) is 24.4. The molecule has 2 aromatic carbocycles. The van der Waals surface area contributed by atoms with Crippen LogP contribution in [0.3, 0.4) is 0 Å². The smallest absolute Gasteiger partial charge is 0.475 e. The van der Waals surface area contributed by atoms with E-state index in [1.807, 2.05) is 32.0 Å². The number of hydrogen-bond donors (Lipinski definition) is 3. The van der Waals surface area contributed by atoms with Gasteiger partial charge in [-0.1, -0.05) is 74.5 Å². The SMILES string of the molecule is CC(C)CC(CNC(c1ccccc1)C(C)(C)O)Cc1ccccc1.O=C(O)C(F)(F)F. The van der Waals surface area contributed by atoms with E-state index in [0.717, 1.165) is 18.5 Å². The van der Waals surface area contributed by atoms with Gasteiger partial charge in [-0.05, 0) is 56.2 Å². The van der Waals surface area contributed by atoms with E-state index in [9.17, 15) is 18.3 Å². The van der Waals surface area contributed by atoms with E-state index in [-0.39, 0.29) is 6.04 Å². The van der Waals surface area contributed by atoms with Gasteiger partial charge in [-0.25, -0.2) is 4.79 Å². The van der Waals surface area contributed by atoms with Crippen LogP contribution in [0.4, 0.5) is 13.2 Å². The minimum absolute atomic E-state index is 0.0702. The Morgan fingerprint density at radius 2 is 1.44 bits per heavy atom. The van der Waals surface area contributed by atoms with E-state index in [1.54, 1.807) is 0 Å². The van der Waals surface area contributed by atoms with Crippen LogP contribution < -0.4 is 5.32 Å². The van der Waals surface area contributed by atoms with Gasteiger partial charge in [0.05, 0.1) is 11.6 Å². The molecule has 0 aliphatic carbocycles. The largest absolute Gasteiger partial charge is 0.490 e. The van der Waals surface area contributed by atoms with Crippen LogP contribution in [0.5, 0.6) is 0 Å². The van der Waals surface area contributed by atoms with Crippen molar-refractivity contribution in [1.82, 2.24) is 5.32 Å². The molecule has 0 aromatic heterocycles. The molecule has 2 unspecified atom stereocenters. The van der Waals surface area contributed by atoms with Crippen LogP contribution in [-0.2, 0) is 11.2 Å².